The first-order valence-corrected chi connectivity index (χ1v) is 24.4. The lowest BCUT2D eigenvalue weighted by Gasteiger charge is -2.35. The monoisotopic (exact) mass is 1100 g/mol. The highest BCUT2D eigenvalue weighted by Gasteiger charge is 2.39. The van der Waals surface area contributed by atoms with Gasteiger partial charge in [-0.05, 0) is 90.4 Å². The molecule has 6 aromatic heterocycles. The first kappa shape index (κ1) is 60.7. The average molecular weight is 1110 g/mol. The summed E-state index contributed by atoms with van der Waals surface area (Å²) < 4.78 is 98.9. The second kappa shape index (κ2) is 26.3. The molecule has 1 aliphatic rings. The van der Waals surface area contributed by atoms with Gasteiger partial charge in [0, 0.05) is 72.4 Å². The lowest BCUT2D eigenvalue weighted by atomic mass is 9.83. The minimum atomic E-state index is -4.75. The van der Waals surface area contributed by atoms with Crippen LogP contribution < -0.4 is 37.5 Å². The van der Waals surface area contributed by atoms with Gasteiger partial charge in [0.25, 0.3) is 0 Å². The number of halogens is 7. The van der Waals surface area contributed by atoms with Crippen molar-refractivity contribution in [2.45, 2.75) is 66.4 Å². The largest absolute Gasteiger partial charge is 0.477 e. The van der Waals surface area contributed by atoms with Crippen LogP contribution in [0.15, 0.2) is 98.0 Å². The van der Waals surface area contributed by atoms with Crippen LogP contribution in [-0.4, -0.2) is 97.8 Å². The number of piperazine rings is 1. The molecule has 0 radical (unpaired) electrons. The van der Waals surface area contributed by atoms with Gasteiger partial charge in [0.15, 0.2) is 0 Å². The zero-order valence-electron chi connectivity index (χ0n) is 43.6. The third kappa shape index (κ3) is 16.2. The Kier molecular flexibility index (Phi) is 20.5. The Morgan fingerprint density at radius 1 is 0.744 bits per heavy atom. The molecule has 0 spiro atoms. The Morgan fingerprint density at radius 3 is 1.71 bits per heavy atom. The third-order valence-electron chi connectivity index (χ3n) is 12.2. The van der Waals surface area contributed by atoms with Gasteiger partial charge in [0.05, 0.1) is 41.0 Å². The molecule has 17 nitrogen and oxygen atoms in total. The maximum absolute atomic E-state index is 14.0. The highest BCUT2D eigenvalue weighted by Crippen LogP contribution is 2.36. The van der Waals surface area contributed by atoms with Crippen LogP contribution in [0.5, 0.6) is 5.88 Å². The molecule has 0 aromatic carbocycles. The first-order chi connectivity index (χ1) is 36.6. The molecule has 24 heteroatoms. The number of anilines is 5. The van der Waals surface area contributed by atoms with Gasteiger partial charge in [-0.1, -0.05) is 48.1 Å². The van der Waals surface area contributed by atoms with E-state index in [2.05, 4.69) is 65.9 Å². The van der Waals surface area contributed by atoms with Crippen LogP contribution in [0, 0.1) is 17.3 Å². The summed E-state index contributed by atoms with van der Waals surface area (Å²) in [6.45, 7) is 18.3. The van der Waals surface area contributed by atoms with Gasteiger partial charge in [0.2, 0.25) is 23.2 Å². The molecule has 0 bridgehead atoms. The van der Waals surface area contributed by atoms with Crippen molar-refractivity contribution in [3.8, 4) is 5.88 Å². The quantitative estimate of drug-likeness (QED) is 0.0389. The summed E-state index contributed by atoms with van der Waals surface area (Å²) in [6, 6.07) is 16.0. The summed E-state index contributed by atoms with van der Waals surface area (Å²) in [5, 5.41) is 14.9. The molecular weight excluding hydrogens is 1030 g/mol. The maximum Gasteiger partial charge on any atom is 0.418 e. The number of aliphatic hydroxyl groups excluding tert-OH is 1. The average Bonchev–Trinajstić information content (AvgIpc) is 3.40. The van der Waals surface area contributed by atoms with E-state index < -0.39 is 58.0 Å². The number of aromatic nitrogens is 6. The van der Waals surface area contributed by atoms with Gasteiger partial charge in [-0.25, -0.2) is 34.3 Å². The summed E-state index contributed by atoms with van der Waals surface area (Å²) >= 11 is 0. The van der Waals surface area contributed by atoms with E-state index in [1.165, 1.54) is 42.9 Å². The summed E-state index contributed by atoms with van der Waals surface area (Å²) in [5.41, 5.74) is 13.1. The smallest absolute Gasteiger partial charge is 0.418 e. The molecule has 1 aliphatic heterocycles. The summed E-state index contributed by atoms with van der Waals surface area (Å²) in [7, 11) is 0. The first-order valence-electron chi connectivity index (χ1n) is 24.4. The van der Waals surface area contributed by atoms with Crippen LogP contribution in [0.4, 0.5) is 59.8 Å². The molecule has 1 fully saturated rings. The molecule has 7 rings (SSSR count). The van der Waals surface area contributed by atoms with Crippen molar-refractivity contribution in [1.29, 1.82) is 0 Å². The van der Waals surface area contributed by atoms with Gasteiger partial charge >= 0.3 is 12.4 Å². The number of alkyl halides is 6. The highest BCUT2D eigenvalue weighted by atomic mass is 19.4. The van der Waals surface area contributed by atoms with E-state index in [4.69, 9.17) is 27.0 Å². The predicted octanol–water partition coefficient (Wildman–Crippen LogP) is 10.9. The van der Waals surface area contributed by atoms with Crippen molar-refractivity contribution in [3.63, 3.8) is 0 Å². The van der Waals surface area contributed by atoms with Crippen molar-refractivity contribution >= 4 is 52.3 Å². The number of ketones is 3. The molecule has 430 valence electrons. The van der Waals surface area contributed by atoms with E-state index in [1.807, 2.05) is 27.7 Å². The Labute approximate surface area is 456 Å². The normalized spacial score (nSPS) is 14.0. The molecule has 9 N–H and O–H groups in total. The van der Waals surface area contributed by atoms with Gasteiger partial charge in [-0.15, -0.1) is 0 Å². The number of nitrogen functional groups attached to an aromatic ring is 3. The summed E-state index contributed by atoms with van der Waals surface area (Å²) in [6.07, 6.45) is -4.27. The topological polar surface area (TPSA) is 263 Å². The van der Waals surface area contributed by atoms with Crippen LogP contribution in [0.3, 0.4) is 0 Å². The molecule has 0 amide bonds. The number of ether oxygens (including phenoxy) is 1. The van der Waals surface area contributed by atoms with Crippen LogP contribution in [0.1, 0.15) is 123 Å². The molecule has 0 aliphatic carbocycles. The predicted molar refractivity (Wildman–Crippen MR) is 297 cm³/mol. The number of aliphatic hydroxyl groups is 1. The molecule has 0 saturated carbocycles. The molecular formula is C54H75F7N12O5. The van der Waals surface area contributed by atoms with E-state index in [1.54, 1.807) is 24.3 Å². The number of carbonyl (C=O) groups is 3. The summed E-state index contributed by atoms with van der Waals surface area (Å²) in [5.74, 6) is -2.02. The van der Waals surface area contributed by atoms with Crippen LogP contribution in [0.25, 0.3) is 5.83 Å². The van der Waals surface area contributed by atoms with E-state index in [9.17, 15) is 45.1 Å². The lowest BCUT2D eigenvalue weighted by Crippen LogP contribution is -2.51. The van der Waals surface area contributed by atoms with E-state index in [-0.39, 0.29) is 98.2 Å². The minimum Gasteiger partial charge on any atom is -0.477 e. The standard InChI is InChI=1S/C21H26FN5O.C19H22F3N3O2.C14H13F3N4O2.7H2/c1-13(2)11-15-12-27(10-9-24-15)18-7-6-16(14(3)22)19(26-18)20(28)17-5-4-8-25-21(17)23;1-11(18(2,3)4)10-27-14-8-7-13(19(20,21)22)15(25-14)16(26)12-6-5-9-24-17(12)23;15-14(16,17)9-3-4-10(19-6-7-22)21-11(9)12(23)8-2-1-5-20-13(8)18;;;;;;;/h4-8,13,15,24H,3,9-12H2,1-2H3,(H2,23,25);5-9,11H,10H2,1-4H3,(H2,23,24);1-5,22H,6-7H2,(H2,18,20)(H,19,21);7*1H/t15-;11-;;;;;;;;/m01......../s1. The number of rotatable bonds is 16. The van der Waals surface area contributed by atoms with Gasteiger partial charge in [-0.2, -0.15) is 26.3 Å². The fourth-order valence-electron chi connectivity index (χ4n) is 7.52. The van der Waals surface area contributed by atoms with Crippen molar-refractivity contribution in [1.82, 2.24) is 35.2 Å². The lowest BCUT2D eigenvalue weighted by molar-refractivity contribution is -0.139. The van der Waals surface area contributed by atoms with Crippen LogP contribution in [0.2, 0.25) is 0 Å². The van der Waals surface area contributed by atoms with Crippen molar-refractivity contribution in [2.24, 2.45) is 17.3 Å². The molecule has 7 heterocycles. The van der Waals surface area contributed by atoms with Crippen LogP contribution >= 0.6 is 0 Å². The SMILES string of the molecule is C=C(F)c1ccc(N2CCN[C@@H](CC(C)C)C2)nc1C(=O)c1cccnc1N.C[C@H](COc1ccc(C(F)(F)F)c(C(=O)c2cccnc2N)n1)C(C)(C)C.Nc1ncccc1C(=O)c1nc(NCCO)ccc1C(F)(F)F.[HH].[HH].[HH].[HH].[HH].[HH].[HH]. The van der Waals surface area contributed by atoms with E-state index in [0.717, 1.165) is 50.3 Å². The molecule has 6 aromatic rings. The Hall–Kier alpha value is -8.12. The highest BCUT2D eigenvalue weighted by molar-refractivity contribution is 6.13. The molecule has 78 heavy (non-hydrogen) atoms. The molecule has 0 unspecified atom stereocenters. The van der Waals surface area contributed by atoms with E-state index >= 15 is 0 Å². The van der Waals surface area contributed by atoms with Crippen molar-refractivity contribution < 1.29 is 64.9 Å². The van der Waals surface area contributed by atoms with Gasteiger partial charge in [-0.3, -0.25) is 14.4 Å². The Balaban J connectivity index is -0.00000114. The number of nitrogens with zero attached hydrogens (tertiary/aromatic N) is 7. The van der Waals surface area contributed by atoms with Crippen LogP contribution in [-0.2, 0) is 12.4 Å². The molecule has 2 atom stereocenters. The van der Waals surface area contributed by atoms with Gasteiger partial charge < -0.3 is 42.6 Å². The van der Waals surface area contributed by atoms with E-state index in [0.29, 0.717) is 17.8 Å². The maximum atomic E-state index is 14.0. The number of hydrogen-bond acceptors (Lipinski definition) is 17. The fraction of sp³-hybridized carbons (Fsp3) is 0.352. The van der Waals surface area contributed by atoms with Crippen molar-refractivity contribution in [3.05, 3.63) is 148 Å². The number of hydrogen-bond donors (Lipinski definition) is 6. The summed E-state index contributed by atoms with van der Waals surface area (Å²) in [4.78, 5) is 63.6. The fourth-order valence-corrected chi connectivity index (χ4v) is 7.52. The Bertz CT molecular complexity index is 3110. The van der Waals surface area contributed by atoms with Gasteiger partial charge in [0.1, 0.15) is 52.0 Å². The number of nitrogens with two attached hydrogens (primary N) is 3. The number of carbonyl (C=O) groups excluding carboxylic acids is 3. The zero-order valence-corrected chi connectivity index (χ0v) is 43.6. The third-order valence-corrected chi connectivity index (χ3v) is 12.2. The zero-order chi connectivity index (χ0) is 57.7. The Morgan fingerprint density at radius 2 is 1.24 bits per heavy atom. The second-order valence-corrected chi connectivity index (χ2v) is 19.4. The number of nitrogens with one attached hydrogen (secondary N) is 2. The van der Waals surface area contributed by atoms with Crippen molar-refractivity contribution in [2.75, 3.05) is 66.8 Å². The number of pyridine rings is 6. The molecule has 1 saturated heterocycles. The minimum absolute atomic E-state index is 0. The second-order valence-electron chi connectivity index (χ2n) is 19.4.